The van der Waals surface area contributed by atoms with Crippen LogP contribution in [0.15, 0.2) is 34.3 Å². The Morgan fingerprint density at radius 3 is 1.94 bits per heavy atom. The van der Waals surface area contributed by atoms with E-state index in [-0.39, 0.29) is 0 Å². The lowest BCUT2D eigenvalue weighted by Gasteiger charge is -1.89. The number of thiol groups is 1. The van der Waals surface area contributed by atoms with Crippen LogP contribution in [0.25, 0.3) is 0 Å². The molecular weight excluding hydrogens is 218 g/mol. The molecule has 4 heteroatoms. The van der Waals surface area contributed by atoms with Crippen molar-refractivity contribution in [3.63, 3.8) is 0 Å². The Morgan fingerprint density at radius 1 is 1.25 bits per heavy atom. The Bertz CT molecular complexity index is 239. The average molecular weight is 239 g/mol. The normalized spacial score (nSPS) is 12.9. The maximum Gasteiger partial charge on any atom is 0.0102 e. The largest absolute Gasteiger partial charge is 0.324 e. The number of aryl methyl sites for hydroxylation is 1. The summed E-state index contributed by atoms with van der Waals surface area (Å²) in [7, 11) is 0. The molecule has 1 aromatic carbocycles. The van der Waals surface area contributed by atoms with Gasteiger partial charge in [-0.2, -0.15) is 5.10 Å². The van der Waals surface area contributed by atoms with Crippen molar-refractivity contribution in [2.24, 2.45) is 10.9 Å². The van der Waals surface area contributed by atoms with Crippen molar-refractivity contribution in [1.82, 2.24) is 5.32 Å². The van der Waals surface area contributed by atoms with Crippen molar-refractivity contribution in [1.29, 1.82) is 0 Å². The lowest BCUT2D eigenvalue weighted by molar-refractivity contribution is 0.857. The van der Waals surface area contributed by atoms with Gasteiger partial charge in [-0.3, -0.25) is 0 Å². The topological polar surface area (TPSA) is 50.4 Å². The second-order valence-electron chi connectivity index (χ2n) is 3.48. The van der Waals surface area contributed by atoms with Crippen LogP contribution >= 0.6 is 12.6 Å². The summed E-state index contributed by atoms with van der Waals surface area (Å²) in [5, 5.41) is 5.97. The fraction of sp³-hybridized carbons (Fsp3) is 0.417. The molecule has 2 rings (SSSR count). The van der Waals surface area contributed by atoms with Gasteiger partial charge in [0.1, 0.15) is 0 Å². The summed E-state index contributed by atoms with van der Waals surface area (Å²) in [5.41, 5.74) is 1.28. The summed E-state index contributed by atoms with van der Waals surface area (Å²) >= 11 is 4.13. The predicted octanol–water partition coefficient (Wildman–Crippen LogP) is 2.21. The fourth-order valence-corrected chi connectivity index (χ4v) is 1.32. The van der Waals surface area contributed by atoms with E-state index in [0.717, 1.165) is 4.90 Å². The summed E-state index contributed by atoms with van der Waals surface area (Å²) in [6, 6.07) is 8.06. The Balaban J connectivity index is 0.000000241. The fourth-order valence-electron chi connectivity index (χ4n) is 1.17. The summed E-state index contributed by atoms with van der Waals surface area (Å²) < 4.78 is 0. The van der Waals surface area contributed by atoms with E-state index in [0.29, 0.717) is 0 Å². The van der Waals surface area contributed by atoms with Crippen LogP contribution in [-0.4, -0.2) is 19.8 Å². The third kappa shape index (κ3) is 9.55. The van der Waals surface area contributed by atoms with Crippen LogP contribution in [0.2, 0.25) is 0 Å². The highest BCUT2D eigenvalue weighted by Crippen LogP contribution is 2.05. The number of hydrazone groups is 1. The molecule has 0 aromatic heterocycles. The first-order valence-corrected chi connectivity index (χ1v) is 5.77. The van der Waals surface area contributed by atoms with Crippen LogP contribution in [0.5, 0.6) is 0 Å². The molecule has 1 aromatic rings. The van der Waals surface area contributed by atoms with Crippen molar-refractivity contribution in [2.75, 3.05) is 13.1 Å². The third-order valence-corrected chi connectivity index (χ3v) is 2.29. The SMILES string of the molecule is C1CCNC1.C=NN.Cc1ccc(S)cc1. The Kier molecular flexibility index (Phi) is 9.86. The lowest BCUT2D eigenvalue weighted by atomic mass is 10.2. The summed E-state index contributed by atoms with van der Waals surface area (Å²) in [6.07, 6.45) is 2.78. The first-order valence-electron chi connectivity index (χ1n) is 5.33. The number of nitrogens with one attached hydrogen (secondary N) is 1. The Hall–Kier alpha value is -1.00. The number of nitrogens with zero attached hydrogens (tertiary/aromatic N) is 1. The van der Waals surface area contributed by atoms with E-state index >= 15 is 0 Å². The van der Waals surface area contributed by atoms with E-state index in [1.807, 2.05) is 24.3 Å². The molecule has 0 amide bonds. The monoisotopic (exact) mass is 239 g/mol. The molecule has 1 heterocycles. The Morgan fingerprint density at radius 2 is 1.69 bits per heavy atom. The highest BCUT2D eigenvalue weighted by molar-refractivity contribution is 7.80. The molecule has 0 unspecified atom stereocenters. The lowest BCUT2D eigenvalue weighted by Crippen LogP contribution is -2.03. The van der Waals surface area contributed by atoms with Gasteiger partial charge in [0.15, 0.2) is 0 Å². The first kappa shape index (κ1) is 15.0. The minimum Gasteiger partial charge on any atom is -0.324 e. The van der Waals surface area contributed by atoms with Crippen molar-refractivity contribution < 1.29 is 0 Å². The second-order valence-corrected chi connectivity index (χ2v) is 3.99. The van der Waals surface area contributed by atoms with E-state index in [1.54, 1.807) is 0 Å². The molecule has 1 aliphatic heterocycles. The highest BCUT2D eigenvalue weighted by Gasteiger charge is 1.93. The first-order chi connectivity index (χ1) is 7.70. The molecule has 0 aliphatic carbocycles. The van der Waals surface area contributed by atoms with Gasteiger partial charge in [-0.1, -0.05) is 17.7 Å². The highest BCUT2D eigenvalue weighted by atomic mass is 32.1. The standard InChI is InChI=1S/C7H8S.C4H9N.CH4N2/c1-6-2-4-7(8)5-3-6;1-2-4-5-3-1;1-3-2/h2-5,8H,1H3;5H,1-4H2;1-2H2. The van der Waals surface area contributed by atoms with Gasteiger partial charge in [-0.25, -0.2) is 0 Å². The molecule has 0 radical (unpaired) electrons. The van der Waals surface area contributed by atoms with Gasteiger partial charge in [0.25, 0.3) is 0 Å². The van der Waals surface area contributed by atoms with Gasteiger partial charge in [0.2, 0.25) is 0 Å². The van der Waals surface area contributed by atoms with Gasteiger partial charge in [0.05, 0.1) is 0 Å². The van der Waals surface area contributed by atoms with Crippen molar-refractivity contribution in [3.8, 4) is 0 Å². The zero-order chi connectivity index (χ0) is 12.2. The van der Waals surface area contributed by atoms with Crippen molar-refractivity contribution in [3.05, 3.63) is 29.8 Å². The predicted molar refractivity (Wildman–Crippen MR) is 74.3 cm³/mol. The molecule has 16 heavy (non-hydrogen) atoms. The maximum atomic E-state index is 4.36. The smallest absolute Gasteiger partial charge is 0.0102 e. The van der Waals surface area contributed by atoms with E-state index in [4.69, 9.17) is 0 Å². The third-order valence-electron chi connectivity index (χ3n) is 1.99. The average Bonchev–Trinajstić information content (AvgIpc) is 2.82. The molecule has 1 saturated heterocycles. The summed E-state index contributed by atoms with van der Waals surface area (Å²) in [5.74, 6) is 4.36. The van der Waals surface area contributed by atoms with Gasteiger partial charge < -0.3 is 11.2 Å². The van der Waals surface area contributed by atoms with Crippen molar-refractivity contribution in [2.45, 2.75) is 24.7 Å². The van der Waals surface area contributed by atoms with Crippen LogP contribution in [0.4, 0.5) is 0 Å². The minimum atomic E-state index is 1.02. The molecule has 0 spiro atoms. The summed E-state index contributed by atoms with van der Waals surface area (Å²) in [6.45, 7) is 7.45. The Labute approximate surface area is 104 Å². The van der Waals surface area contributed by atoms with E-state index in [1.165, 1.54) is 31.5 Å². The van der Waals surface area contributed by atoms with E-state index in [2.05, 4.69) is 42.5 Å². The van der Waals surface area contributed by atoms with Gasteiger partial charge in [0, 0.05) is 11.6 Å². The van der Waals surface area contributed by atoms with E-state index in [9.17, 15) is 0 Å². The quantitative estimate of drug-likeness (QED) is 0.281. The van der Waals surface area contributed by atoms with Gasteiger partial charge in [-0.05, 0) is 45.0 Å². The molecule has 1 fully saturated rings. The van der Waals surface area contributed by atoms with Crippen LogP contribution in [0.1, 0.15) is 18.4 Å². The van der Waals surface area contributed by atoms with Crippen LogP contribution in [-0.2, 0) is 0 Å². The van der Waals surface area contributed by atoms with Crippen LogP contribution in [0, 0.1) is 6.92 Å². The number of benzene rings is 1. The molecule has 0 bridgehead atoms. The van der Waals surface area contributed by atoms with Gasteiger partial charge in [-0.15, -0.1) is 12.6 Å². The van der Waals surface area contributed by atoms with Crippen LogP contribution in [0.3, 0.4) is 0 Å². The molecule has 0 saturated carbocycles. The van der Waals surface area contributed by atoms with Gasteiger partial charge >= 0.3 is 0 Å². The summed E-state index contributed by atoms with van der Waals surface area (Å²) in [4.78, 5) is 1.02. The number of hydrogen-bond donors (Lipinski definition) is 3. The number of rotatable bonds is 0. The maximum absolute atomic E-state index is 4.36. The molecule has 1 aliphatic rings. The molecule has 0 atom stereocenters. The number of hydrogen-bond acceptors (Lipinski definition) is 4. The molecular formula is C12H21N3S. The van der Waals surface area contributed by atoms with E-state index < -0.39 is 0 Å². The molecule has 90 valence electrons. The second kappa shape index (κ2) is 10.5. The zero-order valence-electron chi connectivity index (χ0n) is 9.82. The molecule has 3 nitrogen and oxygen atoms in total. The van der Waals surface area contributed by atoms with Crippen LogP contribution < -0.4 is 11.2 Å². The zero-order valence-corrected chi connectivity index (χ0v) is 10.7. The minimum absolute atomic E-state index is 1.02. The van der Waals surface area contributed by atoms with Crippen molar-refractivity contribution >= 4 is 19.3 Å². The molecule has 3 N–H and O–H groups in total. The number of nitrogens with two attached hydrogens (primary N) is 1.